The Bertz CT molecular complexity index is 596. The molecule has 0 heterocycles. The summed E-state index contributed by atoms with van der Waals surface area (Å²) in [5, 5.41) is 13.3. The highest BCUT2D eigenvalue weighted by molar-refractivity contribution is 5.26. The molecular weight excluding hydrogens is 303 g/mol. The maximum absolute atomic E-state index is 12.5. The number of aliphatic hydroxyl groups is 1. The maximum Gasteiger partial charge on any atom is 0.416 e. The largest absolute Gasteiger partial charge is 0.416 e. The fourth-order valence-corrected chi connectivity index (χ4v) is 2.36. The van der Waals surface area contributed by atoms with Crippen LogP contribution < -0.4 is 5.32 Å². The van der Waals surface area contributed by atoms with Crippen LogP contribution in [0, 0.1) is 0 Å². The molecule has 0 aliphatic carbocycles. The summed E-state index contributed by atoms with van der Waals surface area (Å²) in [4.78, 5) is 0. The molecule has 23 heavy (non-hydrogen) atoms. The van der Waals surface area contributed by atoms with Gasteiger partial charge >= 0.3 is 6.18 Å². The molecule has 2 N–H and O–H groups in total. The fourth-order valence-electron chi connectivity index (χ4n) is 2.36. The van der Waals surface area contributed by atoms with Gasteiger partial charge in [0.15, 0.2) is 0 Å². The Morgan fingerprint density at radius 3 is 2.17 bits per heavy atom. The van der Waals surface area contributed by atoms with Crippen molar-refractivity contribution < 1.29 is 18.3 Å². The number of benzene rings is 2. The zero-order valence-corrected chi connectivity index (χ0v) is 12.8. The van der Waals surface area contributed by atoms with Gasteiger partial charge in [-0.25, -0.2) is 0 Å². The number of hydrogen-bond acceptors (Lipinski definition) is 2. The second kappa shape index (κ2) is 7.62. The molecular formula is C18H20F3NO. The van der Waals surface area contributed by atoms with Gasteiger partial charge in [0.1, 0.15) is 0 Å². The lowest BCUT2D eigenvalue weighted by Gasteiger charge is -2.18. The van der Waals surface area contributed by atoms with Gasteiger partial charge in [0.05, 0.1) is 11.7 Å². The van der Waals surface area contributed by atoms with Crippen LogP contribution in [0.4, 0.5) is 13.2 Å². The highest BCUT2D eigenvalue weighted by atomic mass is 19.4. The average Bonchev–Trinajstić information content (AvgIpc) is 2.53. The van der Waals surface area contributed by atoms with E-state index < -0.39 is 17.8 Å². The van der Waals surface area contributed by atoms with Crippen LogP contribution in [0.5, 0.6) is 0 Å². The maximum atomic E-state index is 12.5. The van der Waals surface area contributed by atoms with Gasteiger partial charge in [0, 0.05) is 12.6 Å². The number of hydrogen-bond donors (Lipinski definition) is 2. The Morgan fingerprint density at radius 2 is 1.61 bits per heavy atom. The molecule has 2 atom stereocenters. The molecule has 0 amide bonds. The summed E-state index contributed by atoms with van der Waals surface area (Å²) < 4.78 is 37.5. The minimum atomic E-state index is -4.36. The molecule has 2 nitrogen and oxygen atoms in total. The molecule has 0 bridgehead atoms. The molecule has 124 valence electrons. The summed E-state index contributed by atoms with van der Waals surface area (Å²) in [6, 6.07) is 14.7. The smallest absolute Gasteiger partial charge is 0.387 e. The van der Waals surface area contributed by atoms with E-state index in [0.29, 0.717) is 12.1 Å². The van der Waals surface area contributed by atoms with E-state index in [1.807, 2.05) is 37.3 Å². The third-order valence-electron chi connectivity index (χ3n) is 3.67. The van der Waals surface area contributed by atoms with E-state index in [4.69, 9.17) is 0 Å². The normalized spacial score (nSPS) is 14.5. The lowest BCUT2D eigenvalue weighted by atomic mass is 10.0. The molecule has 0 aliphatic heterocycles. The van der Waals surface area contributed by atoms with E-state index in [1.165, 1.54) is 17.7 Å². The number of aliphatic hydroxyl groups excluding tert-OH is 1. The van der Waals surface area contributed by atoms with Crippen LogP contribution in [0.15, 0.2) is 54.6 Å². The molecule has 0 saturated carbocycles. The molecule has 0 aliphatic rings. The van der Waals surface area contributed by atoms with Crippen LogP contribution in [-0.4, -0.2) is 17.7 Å². The first kappa shape index (κ1) is 17.5. The van der Waals surface area contributed by atoms with Gasteiger partial charge in [-0.1, -0.05) is 42.5 Å². The Hall–Kier alpha value is -1.85. The topological polar surface area (TPSA) is 32.3 Å². The van der Waals surface area contributed by atoms with Crippen molar-refractivity contribution in [2.45, 2.75) is 31.7 Å². The van der Waals surface area contributed by atoms with Crippen LogP contribution in [0.1, 0.15) is 29.7 Å². The third-order valence-corrected chi connectivity index (χ3v) is 3.67. The standard InChI is InChI=1S/C18H20F3NO/c1-13(11-14-5-3-2-4-6-14)22-12-17(23)15-7-9-16(10-8-15)18(19,20)21/h2-10,13,17,22-23H,11-12H2,1H3/t13?,17-/m0/s1. The molecule has 2 aromatic carbocycles. The number of alkyl halides is 3. The third kappa shape index (κ3) is 5.37. The molecule has 0 fully saturated rings. The first-order valence-corrected chi connectivity index (χ1v) is 7.49. The zero-order chi connectivity index (χ0) is 16.9. The first-order valence-electron chi connectivity index (χ1n) is 7.49. The van der Waals surface area contributed by atoms with Gasteiger partial charge in [0.2, 0.25) is 0 Å². The Kier molecular flexibility index (Phi) is 5.80. The Balaban J connectivity index is 1.85. The molecule has 0 aromatic heterocycles. The van der Waals surface area contributed by atoms with E-state index in [9.17, 15) is 18.3 Å². The second-order valence-electron chi connectivity index (χ2n) is 5.63. The van der Waals surface area contributed by atoms with Crippen molar-refractivity contribution in [3.8, 4) is 0 Å². The predicted octanol–water partition coefficient (Wildman–Crippen LogP) is 3.96. The number of rotatable bonds is 6. The fraction of sp³-hybridized carbons (Fsp3) is 0.333. The highest BCUT2D eigenvalue weighted by Gasteiger charge is 2.30. The molecule has 1 unspecified atom stereocenters. The average molecular weight is 323 g/mol. The molecule has 5 heteroatoms. The van der Waals surface area contributed by atoms with Gasteiger partial charge in [-0.15, -0.1) is 0 Å². The Labute approximate surface area is 134 Å². The summed E-state index contributed by atoms with van der Waals surface area (Å²) in [5.41, 5.74) is 0.952. The van der Waals surface area contributed by atoms with E-state index in [0.717, 1.165) is 18.6 Å². The van der Waals surface area contributed by atoms with Gasteiger partial charge < -0.3 is 10.4 Å². The lowest BCUT2D eigenvalue weighted by molar-refractivity contribution is -0.137. The van der Waals surface area contributed by atoms with Crippen molar-refractivity contribution in [2.24, 2.45) is 0 Å². The van der Waals surface area contributed by atoms with Crippen LogP contribution >= 0.6 is 0 Å². The summed E-state index contributed by atoms with van der Waals surface area (Å²) >= 11 is 0. The van der Waals surface area contributed by atoms with Crippen molar-refractivity contribution in [2.75, 3.05) is 6.54 Å². The van der Waals surface area contributed by atoms with Gasteiger partial charge in [0.25, 0.3) is 0 Å². The van der Waals surface area contributed by atoms with E-state index in [2.05, 4.69) is 5.32 Å². The molecule has 0 spiro atoms. The molecule has 2 aromatic rings. The summed E-state index contributed by atoms with van der Waals surface area (Å²) in [5.74, 6) is 0. The van der Waals surface area contributed by atoms with Gasteiger partial charge in [-0.2, -0.15) is 13.2 Å². The second-order valence-corrected chi connectivity index (χ2v) is 5.63. The zero-order valence-electron chi connectivity index (χ0n) is 12.8. The molecule has 0 saturated heterocycles. The van der Waals surface area contributed by atoms with E-state index >= 15 is 0 Å². The predicted molar refractivity (Wildman–Crippen MR) is 84.0 cm³/mol. The van der Waals surface area contributed by atoms with Crippen LogP contribution in [0.2, 0.25) is 0 Å². The lowest BCUT2D eigenvalue weighted by Crippen LogP contribution is -2.32. The summed E-state index contributed by atoms with van der Waals surface area (Å²) in [6.07, 6.45) is -4.37. The van der Waals surface area contributed by atoms with Crippen LogP contribution in [0.3, 0.4) is 0 Å². The van der Waals surface area contributed by atoms with Crippen LogP contribution in [0.25, 0.3) is 0 Å². The number of nitrogens with one attached hydrogen (secondary N) is 1. The quantitative estimate of drug-likeness (QED) is 0.843. The van der Waals surface area contributed by atoms with Crippen LogP contribution in [-0.2, 0) is 12.6 Å². The number of halogens is 3. The molecule has 0 radical (unpaired) electrons. The van der Waals surface area contributed by atoms with Crippen molar-refractivity contribution >= 4 is 0 Å². The summed E-state index contributed by atoms with van der Waals surface area (Å²) in [7, 11) is 0. The van der Waals surface area contributed by atoms with Gasteiger partial charge in [-0.3, -0.25) is 0 Å². The Morgan fingerprint density at radius 1 is 1.00 bits per heavy atom. The SMILES string of the molecule is CC(Cc1ccccc1)NC[C@H](O)c1ccc(C(F)(F)F)cc1. The highest BCUT2D eigenvalue weighted by Crippen LogP contribution is 2.29. The van der Waals surface area contributed by atoms with E-state index in [-0.39, 0.29) is 6.04 Å². The summed E-state index contributed by atoms with van der Waals surface area (Å²) in [6.45, 7) is 2.30. The van der Waals surface area contributed by atoms with Crippen molar-refractivity contribution in [3.05, 3.63) is 71.3 Å². The monoisotopic (exact) mass is 323 g/mol. The van der Waals surface area contributed by atoms with Crippen molar-refractivity contribution in [1.29, 1.82) is 0 Å². The van der Waals surface area contributed by atoms with Gasteiger partial charge in [-0.05, 0) is 36.6 Å². The molecule has 2 rings (SSSR count). The minimum Gasteiger partial charge on any atom is -0.387 e. The van der Waals surface area contributed by atoms with E-state index in [1.54, 1.807) is 0 Å². The minimum absolute atomic E-state index is 0.154. The van der Waals surface area contributed by atoms with Crippen molar-refractivity contribution in [1.82, 2.24) is 5.32 Å². The van der Waals surface area contributed by atoms with Crippen molar-refractivity contribution in [3.63, 3.8) is 0 Å². The first-order chi connectivity index (χ1) is 10.9.